The molecule has 2 nitrogen and oxygen atoms in total. The van der Waals surface area contributed by atoms with Gasteiger partial charge in [-0.25, -0.2) is 8.42 Å². The molecule has 1 rings (SSSR count). The number of sulfone groups is 1. The van der Waals surface area contributed by atoms with Crippen molar-refractivity contribution in [2.24, 2.45) is 0 Å². The zero-order valence-corrected chi connectivity index (χ0v) is 12.9. The molecule has 3 heteroatoms. The summed E-state index contributed by atoms with van der Waals surface area (Å²) in [6.07, 6.45) is 7.39. The third-order valence-electron chi connectivity index (χ3n) is 3.18. The van der Waals surface area contributed by atoms with Gasteiger partial charge in [0, 0.05) is 0 Å². The molecule has 0 amide bonds. The number of hydrogen-bond donors (Lipinski definition) is 0. The first-order valence-electron chi connectivity index (χ1n) is 7.00. The van der Waals surface area contributed by atoms with Crippen LogP contribution in [0.1, 0.15) is 45.1 Å². The van der Waals surface area contributed by atoms with Crippen molar-refractivity contribution in [2.45, 2.75) is 56.6 Å². The quantitative estimate of drug-likeness (QED) is 0.698. The van der Waals surface area contributed by atoms with E-state index in [0.29, 0.717) is 11.3 Å². The summed E-state index contributed by atoms with van der Waals surface area (Å²) < 4.78 is 25.4. The molecule has 0 bridgehead atoms. The lowest BCUT2D eigenvalue weighted by atomic mass is 10.2. The molecular weight excluding hydrogens is 256 g/mol. The first-order valence-corrected chi connectivity index (χ1v) is 8.54. The van der Waals surface area contributed by atoms with Crippen molar-refractivity contribution < 1.29 is 8.42 Å². The predicted octanol–water partition coefficient (Wildman–Crippen LogP) is 4.29. The second-order valence-corrected chi connectivity index (χ2v) is 6.99. The van der Waals surface area contributed by atoms with Gasteiger partial charge in [0.2, 0.25) is 0 Å². The molecule has 0 aromatic heterocycles. The Kier molecular flexibility index (Phi) is 6.29. The molecule has 0 aliphatic rings. The van der Waals surface area contributed by atoms with Crippen molar-refractivity contribution in [2.75, 3.05) is 0 Å². The van der Waals surface area contributed by atoms with Gasteiger partial charge in [0.25, 0.3) is 0 Å². The van der Waals surface area contributed by atoms with E-state index < -0.39 is 15.1 Å². The Hall–Kier alpha value is -1.09. The lowest BCUT2D eigenvalue weighted by Crippen LogP contribution is -2.20. The number of unbranched alkanes of at least 4 members (excludes halogenated alkanes) is 1. The molecule has 0 saturated carbocycles. The largest absolute Gasteiger partial charge is 0.223 e. The van der Waals surface area contributed by atoms with E-state index in [2.05, 4.69) is 6.92 Å². The van der Waals surface area contributed by atoms with Crippen LogP contribution in [0, 0.1) is 6.92 Å². The minimum absolute atomic E-state index is 0.398. The lowest BCUT2D eigenvalue weighted by Gasteiger charge is -2.15. The van der Waals surface area contributed by atoms with Crippen LogP contribution < -0.4 is 0 Å². The van der Waals surface area contributed by atoms with Crippen LogP contribution >= 0.6 is 0 Å². The van der Waals surface area contributed by atoms with Crippen LogP contribution in [0.5, 0.6) is 0 Å². The molecule has 106 valence electrons. The minimum atomic E-state index is -3.26. The monoisotopic (exact) mass is 280 g/mol. The molecular formula is C16H24O2S. The van der Waals surface area contributed by atoms with Gasteiger partial charge in [-0.15, -0.1) is 0 Å². The zero-order valence-electron chi connectivity index (χ0n) is 12.1. The second-order valence-electron chi connectivity index (χ2n) is 4.85. The Morgan fingerprint density at radius 3 is 2.42 bits per heavy atom. The van der Waals surface area contributed by atoms with Gasteiger partial charge in [-0.2, -0.15) is 0 Å². The molecule has 19 heavy (non-hydrogen) atoms. The molecule has 0 aliphatic heterocycles. The van der Waals surface area contributed by atoms with Crippen LogP contribution in [0.4, 0.5) is 0 Å². The molecule has 1 aromatic rings. The zero-order chi connectivity index (χ0) is 14.3. The topological polar surface area (TPSA) is 34.1 Å². The molecule has 1 unspecified atom stereocenters. The number of benzene rings is 1. The van der Waals surface area contributed by atoms with E-state index in [0.717, 1.165) is 24.8 Å². The van der Waals surface area contributed by atoms with Crippen molar-refractivity contribution in [1.82, 2.24) is 0 Å². The smallest absolute Gasteiger partial charge is 0.185 e. The summed E-state index contributed by atoms with van der Waals surface area (Å²) >= 11 is 0. The van der Waals surface area contributed by atoms with Gasteiger partial charge in [0.15, 0.2) is 9.84 Å². The standard InChI is InChI=1S/C16H24O2S/c1-4-6-7-12-15(10-5-2)19(17,18)16-13-9-8-11-14(16)3/h7-9,11-13,15H,4-6,10H2,1-3H3/b12-7-. The van der Waals surface area contributed by atoms with Crippen molar-refractivity contribution in [3.05, 3.63) is 42.0 Å². The Balaban J connectivity index is 3.10. The SMILES string of the molecule is CCC/C=C\C(CCC)S(=O)(=O)c1ccccc1C. The molecule has 0 N–H and O–H groups in total. The number of rotatable bonds is 7. The molecule has 0 heterocycles. The van der Waals surface area contributed by atoms with Gasteiger partial charge in [0.05, 0.1) is 10.1 Å². The second kappa shape index (κ2) is 7.49. The molecule has 0 fully saturated rings. The Morgan fingerprint density at radius 2 is 1.84 bits per heavy atom. The van der Waals surface area contributed by atoms with E-state index in [4.69, 9.17) is 0 Å². The van der Waals surface area contributed by atoms with Gasteiger partial charge < -0.3 is 0 Å². The Labute approximate surface area is 117 Å². The van der Waals surface area contributed by atoms with Crippen molar-refractivity contribution in [3.8, 4) is 0 Å². The molecule has 0 saturated heterocycles. The third kappa shape index (κ3) is 4.20. The van der Waals surface area contributed by atoms with E-state index in [9.17, 15) is 8.42 Å². The summed E-state index contributed by atoms with van der Waals surface area (Å²) in [6.45, 7) is 5.97. The highest BCUT2D eigenvalue weighted by atomic mass is 32.2. The van der Waals surface area contributed by atoms with Crippen LogP contribution in [-0.2, 0) is 9.84 Å². The fourth-order valence-electron chi connectivity index (χ4n) is 2.09. The van der Waals surface area contributed by atoms with Crippen molar-refractivity contribution >= 4 is 9.84 Å². The van der Waals surface area contributed by atoms with E-state index >= 15 is 0 Å². The highest BCUT2D eigenvalue weighted by molar-refractivity contribution is 7.92. The van der Waals surface area contributed by atoms with Gasteiger partial charge in [-0.1, -0.05) is 57.0 Å². The first kappa shape index (κ1) is 16.0. The molecule has 0 radical (unpaired) electrons. The van der Waals surface area contributed by atoms with Crippen LogP contribution in [0.25, 0.3) is 0 Å². The number of aryl methyl sites for hydroxylation is 1. The Morgan fingerprint density at radius 1 is 1.16 bits per heavy atom. The van der Waals surface area contributed by atoms with Gasteiger partial charge in [-0.3, -0.25) is 0 Å². The first-order chi connectivity index (χ1) is 9.04. The van der Waals surface area contributed by atoms with Crippen LogP contribution in [0.2, 0.25) is 0 Å². The van der Waals surface area contributed by atoms with E-state index in [1.54, 1.807) is 12.1 Å². The van der Waals surface area contributed by atoms with Gasteiger partial charge in [-0.05, 0) is 31.4 Å². The summed E-state index contributed by atoms with van der Waals surface area (Å²) in [6, 6.07) is 7.22. The van der Waals surface area contributed by atoms with Crippen LogP contribution in [-0.4, -0.2) is 13.7 Å². The maximum Gasteiger partial charge on any atom is 0.185 e. The van der Waals surface area contributed by atoms with Crippen molar-refractivity contribution in [1.29, 1.82) is 0 Å². The summed E-state index contributed by atoms with van der Waals surface area (Å²) in [7, 11) is -3.26. The number of allylic oxidation sites excluding steroid dienone is 1. The highest BCUT2D eigenvalue weighted by Crippen LogP contribution is 2.23. The van der Waals surface area contributed by atoms with Gasteiger partial charge >= 0.3 is 0 Å². The summed E-state index contributed by atoms with van der Waals surface area (Å²) in [4.78, 5) is 0.467. The summed E-state index contributed by atoms with van der Waals surface area (Å²) in [5.74, 6) is 0. The maximum atomic E-state index is 12.7. The maximum absolute atomic E-state index is 12.7. The summed E-state index contributed by atoms with van der Waals surface area (Å²) in [5, 5.41) is -0.398. The van der Waals surface area contributed by atoms with E-state index in [1.807, 2.05) is 38.1 Å². The lowest BCUT2D eigenvalue weighted by molar-refractivity contribution is 0.582. The van der Waals surface area contributed by atoms with E-state index in [-0.39, 0.29) is 0 Å². The predicted molar refractivity (Wildman–Crippen MR) is 81.1 cm³/mol. The highest BCUT2D eigenvalue weighted by Gasteiger charge is 2.25. The number of hydrogen-bond acceptors (Lipinski definition) is 2. The fourth-order valence-corrected chi connectivity index (χ4v) is 4.07. The summed E-state index contributed by atoms with van der Waals surface area (Å²) in [5.41, 5.74) is 0.826. The molecule has 0 spiro atoms. The average molecular weight is 280 g/mol. The molecule has 1 atom stereocenters. The molecule has 1 aromatic carbocycles. The van der Waals surface area contributed by atoms with Crippen LogP contribution in [0.15, 0.2) is 41.3 Å². The third-order valence-corrected chi connectivity index (χ3v) is 5.44. The van der Waals surface area contributed by atoms with Crippen LogP contribution in [0.3, 0.4) is 0 Å². The average Bonchev–Trinajstić information content (AvgIpc) is 2.38. The fraction of sp³-hybridized carbons (Fsp3) is 0.500. The van der Waals surface area contributed by atoms with Gasteiger partial charge in [0.1, 0.15) is 0 Å². The Bertz CT molecular complexity index is 515. The normalized spacial score (nSPS) is 13.8. The van der Waals surface area contributed by atoms with Crippen molar-refractivity contribution in [3.63, 3.8) is 0 Å². The molecule has 0 aliphatic carbocycles. The van der Waals surface area contributed by atoms with E-state index in [1.165, 1.54) is 0 Å². The minimum Gasteiger partial charge on any atom is -0.223 e.